The van der Waals surface area contributed by atoms with Gasteiger partial charge in [-0.05, 0) is 43.1 Å². The van der Waals surface area contributed by atoms with Gasteiger partial charge in [0.25, 0.3) is 0 Å². The van der Waals surface area contributed by atoms with E-state index in [0.29, 0.717) is 10.6 Å². The standard InChI is InChI=1S/C17H14N2O2S/c18-7-11-10-2-1-3-12(10)22-17(11)19-15(20)13-8-4-5-9(6-8)14(13)16(19)21/h4-5,8-9,13-14H,1-3,6H2/t8-,9-,13-,14-/m0/s1. The number of hydrogen-bond acceptors (Lipinski definition) is 4. The Morgan fingerprint density at radius 1 is 1.14 bits per heavy atom. The van der Waals surface area contributed by atoms with Gasteiger partial charge < -0.3 is 0 Å². The second kappa shape index (κ2) is 4.08. The van der Waals surface area contributed by atoms with Crippen molar-refractivity contribution >= 4 is 28.2 Å². The highest BCUT2D eigenvalue weighted by molar-refractivity contribution is 7.17. The van der Waals surface area contributed by atoms with Gasteiger partial charge in [-0.15, -0.1) is 11.3 Å². The zero-order valence-corrected chi connectivity index (χ0v) is 12.7. The molecule has 0 spiro atoms. The molecule has 110 valence electrons. The van der Waals surface area contributed by atoms with Gasteiger partial charge in [0.2, 0.25) is 11.8 Å². The summed E-state index contributed by atoms with van der Waals surface area (Å²) < 4.78 is 0. The lowest BCUT2D eigenvalue weighted by Gasteiger charge is -2.16. The van der Waals surface area contributed by atoms with Crippen molar-refractivity contribution in [3.63, 3.8) is 0 Å². The Kier molecular flexibility index (Phi) is 2.34. The summed E-state index contributed by atoms with van der Waals surface area (Å²) in [5, 5.41) is 10.1. The third-order valence-corrected chi connectivity index (χ3v) is 6.96. The molecule has 4 atom stereocenters. The average molecular weight is 310 g/mol. The van der Waals surface area contributed by atoms with Crippen molar-refractivity contribution in [1.82, 2.24) is 0 Å². The summed E-state index contributed by atoms with van der Waals surface area (Å²) >= 11 is 1.48. The van der Waals surface area contributed by atoms with Crippen LogP contribution in [0.2, 0.25) is 0 Å². The highest BCUT2D eigenvalue weighted by atomic mass is 32.1. The number of carbonyl (C=O) groups is 2. The maximum Gasteiger partial charge on any atom is 0.238 e. The van der Waals surface area contributed by atoms with E-state index in [4.69, 9.17) is 0 Å². The van der Waals surface area contributed by atoms with Gasteiger partial charge in [-0.2, -0.15) is 5.26 Å². The lowest BCUT2D eigenvalue weighted by molar-refractivity contribution is -0.123. The molecule has 1 saturated heterocycles. The van der Waals surface area contributed by atoms with Gasteiger partial charge in [-0.1, -0.05) is 12.2 Å². The molecule has 0 unspecified atom stereocenters. The second-order valence-electron chi connectivity index (χ2n) is 6.66. The first-order valence-electron chi connectivity index (χ1n) is 7.81. The van der Waals surface area contributed by atoms with Gasteiger partial charge in [0.15, 0.2) is 0 Å². The molecule has 1 saturated carbocycles. The number of anilines is 1. The molecule has 2 bridgehead atoms. The molecule has 0 radical (unpaired) electrons. The first-order valence-corrected chi connectivity index (χ1v) is 8.63. The van der Waals surface area contributed by atoms with E-state index in [1.165, 1.54) is 21.1 Å². The van der Waals surface area contributed by atoms with Gasteiger partial charge in [0.1, 0.15) is 11.1 Å². The molecule has 1 aromatic heterocycles. The largest absolute Gasteiger partial charge is 0.274 e. The number of amides is 2. The van der Waals surface area contributed by atoms with Crippen molar-refractivity contribution in [3.05, 3.63) is 28.2 Å². The zero-order valence-electron chi connectivity index (χ0n) is 11.9. The van der Waals surface area contributed by atoms with Gasteiger partial charge in [0, 0.05) is 4.88 Å². The number of thiophene rings is 1. The van der Waals surface area contributed by atoms with Gasteiger partial charge in [0.05, 0.1) is 17.4 Å². The number of fused-ring (bicyclic) bond motifs is 6. The smallest absolute Gasteiger partial charge is 0.238 e. The number of carbonyl (C=O) groups excluding carboxylic acids is 2. The molecule has 5 rings (SSSR count). The molecular weight excluding hydrogens is 296 g/mol. The minimum atomic E-state index is -0.189. The van der Waals surface area contributed by atoms with Gasteiger partial charge in [-0.3, -0.25) is 9.59 Å². The van der Waals surface area contributed by atoms with Gasteiger partial charge >= 0.3 is 0 Å². The average Bonchev–Trinajstić information content (AvgIpc) is 3.26. The van der Waals surface area contributed by atoms with Crippen LogP contribution in [0.1, 0.15) is 28.8 Å². The molecular formula is C17H14N2O2S. The van der Waals surface area contributed by atoms with Crippen LogP contribution in [-0.2, 0) is 22.4 Å². The fourth-order valence-corrected chi connectivity index (χ4v) is 6.11. The Morgan fingerprint density at radius 3 is 2.45 bits per heavy atom. The predicted octanol–water partition coefficient (Wildman–Crippen LogP) is 2.42. The van der Waals surface area contributed by atoms with E-state index in [0.717, 1.165) is 31.2 Å². The van der Waals surface area contributed by atoms with E-state index in [9.17, 15) is 14.9 Å². The Bertz CT molecular complexity index is 770. The summed E-state index contributed by atoms with van der Waals surface area (Å²) in [6.07, 6.45) is 8.06. The van der Waals surface area contributed by atoms with Crippen LogP contribution in [0.25, 0.3) is 0 Å². The van der Waals surface area contributed by atoms with Gasteiger partial charge in [-0.25, -0.2) is 4.90 Å². The minimum Gasteiger partial charge on any atom is -0.274 e. The monoisotopic (exact) mass is 310 g/mol. The van der Waals surface area contributed by atoms with Crippen LogP contribution < -0.4 is 4.90 Å². The number of imide groups is 1. The van der Waals surface area contributed by atoms with Crippen LogP contribution >= 0.6 is 11.3 Å². The molecule has 4 aliphatic rings. The Morgan fingerprint density at radius 2 is 1.82 bits per heavy atom. The normalized spacial score (nSPS) is 34.4. The zero-order chi connectivity index (χ0) is 15.0. The van der Waals surface area contributed by atoms with E-state index in [2.05, 4.69) is 18.2 Å². The molecule has 2 fully saturated rings. The molecule has 2 heterocycles. The van der Waals surface area contributed by atoms with Crippen LogP contribution in [0, 0.1) is 35.0 Å². The Hall–Kier alpha value is -1.93. The molecule has 1 aliphatic heterocycles. The maximum absolute atomic E-state index is 12.9. The summed E-state index contributed by atoms with van der Waals surface area (Å²) in [5.41, 5.74) is 1.64. The lowest BCUT2D eigenvalue weighted by atomic mass is 9.85. The summed E-state index contributed by atoms with van der Waals surface area (Å²) in [5.74, 6) is -0.105. The first kappa shape index (κ1) is 12.6. The van der Waals surface area contributed by atoms with Crippen molar-refractivity contribution in [2.45, 2.75) is 25.7 Å². The quantitative estimate of drug-likeness (QED) is 0.591. The third-order valence-electron chi connectivity index (χ3n) is 5.69. The Labute approximate surface area is 132 Å². The summed E-state index contributed by atoms with van der Waals surface area (Å²) in [6.45, 7) is 0. The van der Waals surface area contributed by atoms with Crippen molar-refractivity contribution in [2.24, 2.45) is 23.7 Å². The first-order chi connectivity index (χ1) is 10.7. The lowest BCUT2D eigenvalue weighted by Crippen LogP contribution is -2.32. The van der Waals surface area contributed by atoms with E-state index < -0.39 is 0 Å². The minimum absolute atomic E-state index is 0.0803. The fourth-order valence-electron chi connectivity index (χ4n) is 4.77. The van der Waals surface area contributed by atoms with Crippen molar-refractivity contribution < 1.29 is 9.59 Å². The predicted molar refractivity (Wildman–Crippen MR) is 81.3 cm³/mol. The topological polar surface area (TPSA) is 61.2 Å². The number of rotatable bonds is 1. The third kappa shape index (κ3) is 1.32. The van der Waals surface area contributed by atoms with E-state index in [1.807, 2.05) is 0 Å². The Balaban J connectivity index is 1.62. The molecule has 5 heteroatoms. The van der Waals surface area contributed by atoms with Crippen molar-refractivity contribution in [2.75, 3.05) is 4.90 Å². The summed E-state index contributed by atoms with van der Waals surface area (Å²) in [6, 6.07) is 2.25. The number of hydrogen-bond donors (Lipinski definition) is 0. The SMILES string of the molecule is N#Cc1c(N2C(=O)[C@@H]3[C@@H](C2=O)[C@H]2C=C[C@H]3C2)sc2c1CCC2. The molecule has 1 aromatic rings. The molecule has 2 amide bonds. The summed E-state index contributed by atoms with van der Waals surface area (Å²) in [7, 11) is 0. The maximum atomic E-state index is 12.9. The van der Waals surface area contributed by atoms with Crippen LogP contribution in [0.15, 0.2) is 12.2 Å². The van der Waals surface area contributed by atoms with Crippen molar-refractivity contribution in [3.8, 4) is 6.07 Å². The number of aryl methyl sites for hydroxylation is 1. The van der Waals surface area contributed by atoms with E-state index >= 15 is 0 Å². The second-order valence-corrected chi connectivity index (χ2v) is 7.74. The molecule has 3 aliphatic carbocycles. The van der Waals surface area contributed by atoms with Crippen molar-refractivity contribution in [1.29, 1.82) is 5.26 Å². The van der Waals surface area contributed by atoms with Crippen LogP contribution in [0.3, 0.4) is 0 Å². The molecule has 0 aromatic carbocycles. The molecule has 4 nitrogen and oxygen atoms in total. The van der Waals surface area contributed by atoms with Crippen LogP contribution in [0.4, 0.5) is 5.00 Å². The van der Waals surface area contributed by atoms with Crippen LogP contribution in [0.5, 0.6) is 0 Å². The molecule has 0 N–H and O–H groups in total. The number of allylic oxidation sites excluding steroid dienone is 2. The van der Waals surface area contributed by atoms with E-state index in [1.54, 1.807) is 0 Å². The van der Waals surface area contributed by atoms with E-state index in [-0.39, 0.29) is 35.5 Å². The summed E-state index contributed by atoms with van der Waals surface area (Å²) in [4.78, 5) is 28.2. The molecule has 22 heavy (non-hydrogen) atoms. The number of nitriles is 1. The fraction of sp³-hybridized carbons (Fsp3) is 0.471. The highest BCUT2D eigenvalue weighted by Gasteiger charge is 2.60. The highest BCUT2D eigenvalue weighted by Crippen LogP contribution is 2.54. The number of nitrogens with zero attached hydrogens (tertiary/aromatic N) is 2. The van der Waals surface area contributed by atoms with Crippen LogP contribution in [-0.4, -0.2) is 11.8 Å².